The first-order valence-corrected chi connectivity index (χ1v) is 4.62. The molecular formula is C11H11NO3. The Balaban J connectivity index is 2.55. The van der Waals surface area contributed by atoms with Gasteiger partial charge in [0.05, 0.1) is 5.69 Å². The van der Waals surface area contributed by atoms with Crippen LogP contribution in [0.4, 0.5) is 5.69 Å². The average molecular weight is 205 g/mol. The number of hydrogen-bond donors (Lipinski definition) is 0. The molecule has 0 N–H and O–H groups in total. The maximum absolute atomic E-state index is 11.8. The number of carbonyl (C=O) groups is 2. The normalized spacial score (nSPS) is 19.2. The van der Waals surface area contributed by atoms with Crippen molar-refractivity contribution in [3.05, 3.63) is 29.8 Å². The van der Waals surface area contributed by atoms with Gasteiger partial charge in [0.15, 0.2) is 0 Å². The molecule has 0 saturated heterocycles. The summed E-state index contributed by atoms with van der Waals surface area (Å²) in [7, 11) is 1.42. The average Bonchev–Trinajstić information content (AvgIpc) is 2.52. The minimum atomic E-state index is -0.806. The molecule has 0 fully saturated rings. The Morgan fingerprint density at radius 1 is 1.40 bits per heavy atom. The number of methoxy groups -OCH3 is 1. The first-order chi connectivity index (χ1) is 7.16. The molecule has 1 unspecified atom stereocenters. The number of hydrogen-bond acceptors (Lipinski definition) is 3. The summed E-state index contributed by atoms with van der Waals surface area (Å²) in [5.41, 5.74) is 1.17. The van der Waals surface area contributed by atoms with E-state index in [0.29, 0.717) is 11.3 Å². The second kappa shape index (κ2) is 3.47. The number of carbonyl (C=O) groups excluding carboxylic acids is 2. The van der Waals surface area contributed by atoms with Crippen molar-refractivity contribution in [3.63, 3.8) is 0 Å². The fraction of sp³-hybridized carbons (Fsp3) is 0.273. The molecule has 4 heteroatoms. The number of Topliss-reactive ketones (excluding diaryl/α,β-unsaturated/α-hetero) is 1. The molecule has 1 aliphatic heterocycles. The Labute approximate surface area is 87.4 Å². The summed E-state index contributed by atoms with van der Waals surface area (Å²) in [4.78, 5) is 24.6. The number of benzene rings is 1. The van der Waals surface area contributed by atoms with Crippen LogP contribution in [0.2, 0.25) is 0 Å². The van der Waals surface area contributed by atoms with Crippen LogP contribution in [0.5, 0.6) is 0 Å². The SMILES string of the molecule is COC1C(=O)c2ccccc2N1C(C)=O. The number of fused-ring (bicyclic) bond motifs is 1. The fourth-order valence-electron chi connectivity index (χ4n) is 1.82. The van der Waals surface area contributed by atoms with Crippen LogP contribution in [0, 0.1) is 0 Å². The van der Waals surface area contributed by atoms with Crippen LogP contribution >= 0.6 is 0 Å². The van der Waals surface area contributed by atoms with E-state index >= 15 is 0 Å². The number of rotatable bonds is 1. The molecule has 1 heterocycles. The predicted octanol–water partition coefficient (Wildman–Crippen LogP) is 1.21. The molecule has 0 aromatic heterocycles. The molecule has 1 atom stereocenters. The van der Waals surface area contributed by atoms with Gasteiger partial charge in [-0.15, -0.1) is 0 Å². The third-order valence-electron chi connectivity index (χ3n) is 2.45. The van der Waals surface area contributed by atoms with E-state index in [-0.39, 0.29) is 11.7 Å². The van der Waals surface area contributed by atoms with Crippen LogP contribution in [0.1, 0.15) is 17.3 Å². The lowest BCUT2D eigenvalue weighted by atomic mass is 10.1. The minimum Gasteiger partial charge on any atom is -0.354 e. The van der Waals surface area contributed by atoms with Crippen LogP contribution in [0.15, 0.2) is 24.3 Å². The zero-order chi connectivity index (χ0) is 11.0. The summed E-state index contributed by atoms with van der Waals surface area (Å²) in [5, 5.41) is 0. The van der Waals surface area contributed by atoms with Gasteiger partial charge in [-0.2, -0.15) is 0 Å². The van der Waals surface area contributed by atoms with Gasteiger partial charge in [0, 0.05) is 19.6 Å². The van der Waals surface area contributed by atoms with E-state index in [4.69, 9.17) is 4.74 Å². The maximum Gasteiger partial charge on any atom is 0.226 e. The molecule has 1 aromatic carbocycles. The van der Waals surface area contributed by atoms with Gasteiger partial charge in [0.25, 0.3) is 0 Å². The van der Waals surface area contributed by atoms with Crippen LogP contribution in [0.3, 0.4) is 0 Å². The van der Waals surface area contributed by atoms with Crippen molar-refractivity contribution in [2.45, 2.75) is 13.2 Å². The lowest BCUT2D eigenvalue weighted by Crippen LogP contribution is -2.40. The summed E-state index contributed by atoms with van der Waals surface area (Å²) in [6.45, 7) is 1.42. The molecule has 15 heavy (non-hydrogen) atoms. The van der Waals surface area contributed by atoms with E-state index < -0.39 is 6.23 Å². The second-order valence-corrected chi connectivity index (χ2v) is 3.36. The van der Waals surface area contributed by atoms with Gasteiger partial charge in [-0.25, -0.2) is 0 Å². The quantitative estimate of drug-likeness (QED) is 0.692. The summed E-state index contributed by atoms with van der Waals surface area (Å²) in [5.74, 6) is -0.358. The first-order valence-electron chi connectivity index (χ1n) is 4.62. The molecule has 2 rings (SSSR count). The summed E-state index contributed by atoms with van der Waals surface area (Å²) in [6, 6.07) is 7.01. The van der Waals surface area contributed by atoms with E-state index in [2.05, 4.69) is 0 Å². The second-order valence-electron chi connectivity index (χ2n) is 3.36. The molecule has 0 saturated carbocycles. The number of ketones is 1. The van der Waals surface area contributed by atoms with Gasteiger partial charge in [0.1, 0.15) is 0 Å². The van der Waals surface area contributed by atoms with Gasteiger partial charge in [-0.05, 0) is 12.1 Å². The molecular weight excluding hydrogens is 194 g/mol. The Morgan fingerprint density at radius 3 is 2.67 bits per heavy atom. The Bertz CT molecular complexity index is 428. The van der Waals surface area contributed by atoms with Crippen molar-refractivity contribution in [1.29, 1.82) is 0 Å². The molecule has 0 bridgehead atoms. The van der Waals surface area contributed by atoms with Gasteiger partial charge in [-0.3, -0.25) is 14.5 Å². The summed E-state index contributed by atoms with van der Waals surface area (Å²) < 4.78 is 5.04. The van der Waals surface area contributed by atoms with Crippen molar-refractivity contribution >= 4 is 17.4 Å². The highest BCUT2D eigenvalue weighted by Gasteiger charge is 2.39. The van der Waals surface area contributed by atoms with E-state index in [1.807, 2.05) is 0 Å². The Morgan fingerprint density at radius 2 is 2.07 bits per heavy atom. The highest BCUT2D eigenvalue weighted by molar-refractivity contribution is 6.16. The zero-order valence-electron chi connectivity index (χ0n) is 8.56. The van der Waals surface area contributed by atoms with Gasteiger partial charge in [-0.1, -0.05) is 12.1 Å². The topological polar surface area (TPSA) is 46.6 Å². The lowest BCUT2D eigenvalue weighted by molar-refractivity contribution is -0.118. The lowest BCUT2D eigenvalue weighted by Gasteiger charge is -2.20. The zero-order valence-corrected chi connectivity index (χ0v) is 8.56. The number of amides is 1. The van der Waals surface area contributed by atoms with Crippen LogP contribution in [0.25, 0.3) is 0 Å². The molecule has 0 radical (unpaired) electrons. The molecule has 78 valence electrons. The van der Waals surface area contributed by atoms with Crippen LogP contribution < -0.4 is 4.90 Å². The van der Waals surface area contributed by atoms with E-state index in [0.717, 1.165) is 0 Å². The van der Waals surface area contributed by atoms with Gasteiger partial charge >= 0.3 is 0 Å². The molecule has 0 spiro atoms. The smallest absolute Gasteiger partial charge is 0.226 e. The van der Waals surface area contributed by atoms with Crippen LogP contribution in [-0.2, 0) is 9.53 Å². The number of para-hydroxylation sites is 1. The molecule has 0 aliphatic carbocycles. The highest BCUT2D eigenvalue weighted by atomic mass is 16.5. The summed E-state index contributed by atoms with van der Waals surface area (Å²) in [6.07, 6.45) is -0.806. The Hall–Kier alpha value is -1.68. The molecule has 1 aliphatic rings. The van der Waals surface area contributed by atoms with Crippen molar-refractivity contribution < 1.29 is 14.3 Å². The number of nitrogens with zero attached hydrogens (tertiary/aromatic N) is 1. The Kier molecular flexibility index (Phi) is 2.28. The van der Waals surface area contributed by atoms with E-state index in [9.17, 15) is 9.59 Å². The third-order valence-corrected chi connectivity index (χ3v) is 2.45. The summed E-state index contributed by atoms with van der Waals surface area (Å²) >= 11 is 0. The minimum absolute atomic E-state index is 0.164. The standard InChI is InChI=1S/C11H11NO3/c1-7(13)12-9-6-4-3-5-8(9)10(14)11(12)15-2/h3-6,11H,1-2H3. The first kappa shape index (κ1) is 9.86. The van der Waals surface area contributed by atoms with Crippen molar-refractivity contribution in [1.82, 2.24) is 0 Å². The van der Waals surface area contributed by atoms with Crippen molar-refractivity contribution in [2.24, 2.45) is 0 Å². The largest absolute Gasteiger partial charge is 0.354 e. The molecule has 4 nitrogen and oxygen atoms in total. The maximum atomic E-state index is 11.8. The van der Waals surface area contributed by atoms with Crippen molar-refractivity contribution in [3.8, 4) is 0 Å². The van der Waals surface area contributed by atoms with E-state index in [1.54, 1.807) is 24.3 Å². The third kappa shape index (κ3) is 1.34. The predicted molar refractivity (Wildman–Crippen MR) is 54.7 cm³/mol. The van der Waals surface area contributed by atoms with Crippen molar-refractivity contribution in [2.75, 3.05) is 12.0 Å². The fourth-order valence-corrected chi connectivity index (χ4v) is 1.82. The van der Waals surface area contributed by atoms with Crippen LogP contribution in [-0.4, -0.2) is 25.0 Å². The monoisotopic (exact) mass is 205 g/mol. The molecule has 1 amide bonds. The van der Waals surface area contributed by atoms with Gasteiger partial charge in [0.2, 0.25) is 17.9 Å². The van der Waals surface area contributed by atoms with Gasteiger partial charge < -0.3 is 4.74 Å². The number of ether oxygens (including phenoxy) is 1. The molecule has 1 aromatic rings. The van der Waals surface area contributed by atoms with E-state index in [1.165, 1.54) is 18.9 Å². The number of anilines is 1. The highest BCUT2D eigenvalue weighted by Crippen LogP contribution is 2.32.